The fourth-order valence-electron chi connectivity index (χ4n) is 9.48. The average molecular weight is 1290 g/mol. The summed E-state index contributed by atoms with van der Waals surface area (Å²) in [7, 11) is -6.54. The topological polar surface area (TPSA) is 380 Å². The first-order valence-electron chi connectivity index (χ1n) is 28.9. The predicted molar refractivity (Wildman–Crippen MR) is 318 cm³/mol. The van der Waals surface area contributed by atoms with Crippen LogP contribution in [-0.4, -0.2) is 249 Å². The first-order valence-corrected chi connectivity index (χ1v) is 31.7. The second-order valence-corrected chi connectivity index (χ2v) is 24.2. The molecule has 1 fully saturated rings. The number of sulfonamides is 1. The average Bonchev–Trinajstić information content (AvgIpc) is 0.794. The zero-order valence-electron chi connectivity index (χ0n) is 51.2. The second kappa shape index (κ2) is 34.1. The molecule has 89 heavy (non-hydrogen) atoms. The summed E-state index contributed by atoms with van der Waals surface area (Å²) in [5.41, 5.74) is 0.805. The molecule has 2 aromatic carbocycles. The normalized spacial score (nSPS) is 13.0. The molecule has 30 nitrogen and oxygen atoms in total. The van der Waals surface area contributed by atoms with Crippen molar-refractivity contribution in [2.24, 2.45) is 5.41 Å². The van der Waals surface area contributed by atoms with E-state index < -0.39 is 96.3 Å². The van der Waals surface area contributed by atoms with Crippen molar-refractivity contribution in [3.8, 4) is 22.5 Å². The zero-order valence-corrected chi connectivity index (χ0v) is 52.8. The van der Waals surface area contributed by atoms with Crippen LogP contribution in [-0.2, 0) is 72.7 Å². The van der Waals surface area contributed by atoms with Crippen molar-refractivity contribution >= 4 is 78.1 Å². The second-order valence-electron chi connectivity index (χ2n) is 20.9. The fraction of sp³-hybridized carbons (Fsp3) is 0.544. The van der Waals surface area contributed by atoms with Crippen LogP contribution >= 0.6 is 0 Å². The SMILES string of the molecule is CCN(CC)c1ccc2c(-c3ccc(S(=O)(=O)N4CCN(C(=O)CCOCC(COCCC(=O)NCC(=O)N(C)O)(COCCC(=O)NCC(=O)N(C)O)COCCC(=O)NCC(=O)N(C)O)CC4)cc3S(=O)(=O)[O-])c3ccc(=[N+](CC)CC)cc-3oc2c1. The lowest BCUT2D eigenvalue weighted by atomic mass is 9.92. The van der Waals surface area contributed by atoms with Gasteiger partial charge in [0, 0.05) is 120 Å². The molecule has 0 atom stereocenters. The summed E-state index contributed by atoms with van der Waals surface area (Å²) in [4.78, 5) is 88.9. The van der Waals surface area contributed by atoms with Crippen LogP contribution in [0, 0.1) is 5.41 Å². The van der Waals surface area contributed by atoms with E-state index in [0.717, 1.165) is 42.6 Å². The van der Waals surface area contributed by atoms with Gasteiger partial charge in [-0.25, -0.2) is 36.6 Å². The number of ether oxygens (including phenoxy) is 4. The molecule has 2 heterocycles. The van der Waals surface area contributed by atoms with Crippen LogP contribution in [0.5, 0.6) is 0 Å². The van der Waals surface area contributed by atoms with Gasteiger partial charge in [0.15, 0.2) is 0 Å². The van der Waals surface area contributed by atoms with Gasteiger partial charge >= 0.3 is 0 Å². The van der Waals surface area contributed by atoms with Crippen molar-refractivity contribution in [2.45, 2.75) is 63.2 Å². The summed E-state index contributed by atoms with van der Waals surface area (Å²) >= 11 is 0. The number of likely N-dealkylation sites (N-methyl/N-ethyl adjacent to an activating group) is 3. The molecule has 492 valence electrons. The maximum Gasteiger partial charge on any atom is 0.265 e. The Morgan fingerprint density at radius 3 is 1.52 bits per heavy atom. The van der Waals surface area contributed by atoms with Crippen LogP contribution in [0.15, 0.2) is 68.8 Å². The fourth-order valence-corrected chi connectivity index (χ4v) is 11.7. The Morgan fingerprint density at radius 2 is 1.08 bits per heavy atom. The number of anilines is 1. The minimum Gasteiger partial charge on any atom is -0.744 e. The van der Waals surface area contributed by atoms with E-state index in [1.165, 1.54) is 17.0 Å². The Hall–Kier alpha value is -7.24. The van der Waals surface area contributed by atoms with Crippen LogP contribution in [0.2, 0.25) is 0 Å². The third kappa shape index (κ3) is 20.9. The summed E-state index contributed by atoms with van der Waals surface area (Å²) < 4.78 is 102. The Bertz CT molecular complexity index is 3270. The van der Waals surface area contributed by atoms with Crippen LogP contribution in [0.1, 0.15) is 53.4 Å². The van der Waals surface area contributed by atoms with E-state index in [2.05, 4.69) is 25.4 Å². The van der Waals surface area contributed by atoms with E-state index in [1.807, 2.05) is 52.0 Å². The highest BCUT2D eigenvalue weighted by atomic mass is 32.2. The summed E-state index contributed by atoms with van der Waals surface area (Å²) in [5.74, 6) is -4.16. The molecule has 1 aliphatic carbocycles. The van der Waals surface area contributed by atoms with E-state index in [1.54, 1.807) is 12.1 Å². The highest BCUT2D eigenvalue weighted by molar-refractivity contribution is 7.89. The molecule has 0 spiro atoms. The number of hydroxylamine groups is 6. The van der Waals surface area contributed by atoms with Crippen LogP contribution < -0.4 is 30.8 Å². The lowest BCUT2D eigenvalue weighted by Gasteiger charge is -2.35. The molecular formula is C57H82N10O20S2. The molecule has 1 saturated heterocycles. The molecule has 32 heteroatoms. The molecule has 0 saturated carbocycles. The van der Waals surface area contributed by atoms with Crippen molar-refractivity contribution in [3.05, 3.63) is 60.0 Å². The molecule has 2 aliphatic heterocycles. The smallest absolute Gasteiger partial charge is 0.265 e. The van der Waals surface area contributed by atoms with Gasteiger partial charge in [-0.15, -0.1) is 0 Å². The molecule has 7 amide bonds. The summed E-state index contributed by atoms with van der Waals surface area (Å²) in [6.07, 6.45) is -0.963. The molecule has 6 N–H and O–H groups in total. The Balaban J connectivity index is 1.32. The largest absolute Gasteiger partial charge is 0.744 e. The van der Waals surface area contributed by atoms with Gasteiger partial charge in [0.25, 0.3) is 17.7 Å². The number of nitrogens with one attached hydrogen (secondary N) is 3. The van der Waals surface area contributed by atoms with Crippen molar-refractivity contribution in [3.63, 3.8) is 0 Å². The predicted octanol–water partition coefficient (Wildman–Crippen LogP) is 0.104. The number of fused-ring (bicyclic) bond motifs is 2. The third-order valence-corrected chi connectivity index (χ3v) is 17.3. The van der Waals surface area contributed by atoms with Crippen molar-refractivity contribution in [2.75, 3.05) is 151 Å². The van der Waals surface area contributed by atoms with Gasteiger partial charge in [-0.1, -0.05) is 6.07 Å². The minimum atomic E-state index is -5.34. The van der Waals surface area contributed by atoms with Gasteiger partial charge in [0.2, 0.25) is 39.0 Å². The highest BCUT2D eigenvalue weighted by Crippen LogP contribution is 2.44. The first kappa shape index (κ1) is 72.5. The standard InChI is InChI=1S/C57H82N10O20S2/c1-8-64(9-2)40-12-15-43-46(30-40)87-47-31-41(65(10-3)11-4)13-16-44(47)56(43)45-17-14-42(32-48(45)89(80,81)82)88(78,79)67-24-22-66(23-25-67)52(71)21-29-86-39-57(36-83-26-18-49(68)58-33-53(72)61(5)75,37-84-27-19-50(69)59-34-54(73)62(6)76)38-85-28-20-51(70)60-35-55(74)63(7)77/h12-17,30-32,75-77H,8-11,18-29,33-39H2,1-7H3,(H3-,58,59,60,68,69,70,80,81,82). The number of benzene rings is 3. The van der Waals surface area contributed by atoms with Gasteiger partial charge in [-0.3, -0.25) is 49.2 Å². The van der Waals surface area contributed by atoms with E-state index in [0.29, 0.717) is 69.2 Å². The number of hydrogen-bond donors (Lipinski definition) is 6. The van der Waals surface area contributed by atoms with Gasteiger partial charge in [0.1, 0.15) is 34.6 Å². The van der Waals surface area contributed by atoms with E-state index >= 15 is 0 Å². The maximum atomic E-state index is 14.4. The van der Waals surface area contributed by atoms with E-state index in [9.17, 15) is 70.6 Å². The monoisotopic (exact) mass is 1290 g/mol. The number of piperazine rings is 1. The van der Waals surface area contributed by atoms with Crippen molar-refractivity contribution in [1.29, 1.82) is 0 Å². The van der Waals surface area contributed by atoms with Crippen molar-refractivity contribution in [1.82, 2.24) is 44.9 Å². The lowest BCUT2D eigenvalue weighted by Crippen LogP contribution is -2.50. The maximum absolute atomic E-state index is 14.4. The third-order valence-electron chi connectivity index (χ3n) is 14.6. The molecular weight excluding hydrogens is 1210 g/mol. The number of hydrogen-bond acceptors (Lipinski definition) is 21. The van der Waals surface area contributed by atoms with E-state index in [-0.39, 0.29) is 110 Å². The van der Waals surface area contributed by atoms with Crippen LogP contribution in [0.4, 0.5) is 5.69 Å². The number of rotatable bonds is 35. The van der Waals surface area contributed by atoms with Crippen molar-refractivity contribution < 1.29 is 93.9 Å². The molecule has 0 aromatic heterocycles. The molecule has 3 aliphatic rings. The van der Waals surface area contributed by atoms with Gasteiger partial charge in [-0.2, -0.15) is 4.31 Å². The Kier molecular flexibility index (Phi) is 27.8. The Morgan fingerprint density at radius 1 is 0.618 bits per heavy atom. The summed E-state index contributed by atoms with van der Waals surface area (Å²) in [6, 6.07) is 14.5. The van der Waals surface area contributed by atoms with Crippen LogP contribution in [0.25, 0.3) is 33.4 Å². The summed E-state index contributed by atoms with van der Waals surface area (Å²) in [5, 5.41) is 37.3. The van der Waals surface area contributed by atoms with Gasteiger partial charge in [-0.05, 0) is 58.0 Å². The van der Waals surface area contributed by atoms with Crippen LogP contribution in [0.3, 0.4) is 0 Å². The first-order chi connectivity index (χ1) is 42.2. The molecule has 0 radical (unpaired) electrons. The molecule has 5 rings (SSSR count). The number of nitrogens with zero attached hydrogens (tertiary/aromatic N) is 7. The number of carbonyl (C=O) groups is 7. The quantitative estimate of drug-likeness (QED) is 0.00888. The number of amides is 7. The zero-order chi connectivity index (χ0) is 65.6. The molecule has 0 bridgehead atoms. The minimum absolute atomic E-state index is 0.0197. The highest BCUT2D eigenvalue weighted by Gasteiger charge is 2.35. The lowest BCUT2D eigenvalue weighted by molar-refractivity contribution is -0.158. The molecule has 0 unspecified atom stereocenters. The van der Waals surface area contributed by atoms with E-state index in [4.69, 9.17) is 23.4 Å². The van der Waals surface area contributed by atoms with Gasteiger partial charge < -0.3 is 53.7 Å². The summed E-state index contributed by atoms with van der Waals surface area (Å²) in [6.45, 7) is 6.90. The Labute approximate surface area is 516 Å². The number of carbonyl (C=O) groups excluding carboxylic acids is 7. The molecule has 2 aromatic rings. The van der Waals surface area contributed by atoms with Gasteiger partial charge in [0.05, 0.1) is 100 Å².